The van der Waals surface area contributed by atoms with Crippen LogP contribution in [0.4, 0.5) is 0 Å². The van der Waals surface area contributed by atoms with Crippen LogP contribution in [-0.4, -0.2) is 17.1 Å². The number of methoxy groups -OCH3 is 1. The van der Waals surface area contributed by atoms with Crippen LogP contribution in [0.3, 0.4) is 0 Å². The first-order chi connectivity index (χ1) is 8.61. The molecule has 0 aliphatic heterocycles. The summed E-state index contributed by atoms with van der Waals surface area (Å²) in [5, 5.41) is 0.532. The minimum atomic E-state index is -0.0798. The summed E-state index contributed by atoms with van der Waals surface area (Å²) in [5.74, 6) is 1.61. The van der Waals surface area contributed by atoms with E-state index in [0.29, 0.717) is 17.0 Å². The zero-order chi connectivity index (χ0) is 13.1. The molecule has 1 fully saturated rings. The van der Waals surface area contributed by atoms with Crippen LogP contribution >= 0.6 is 11.6 Å². The van der Waals surface area contributed by atoms with Crippen molar-refractivity contribution < 1.29 is 4.74 Å². The van der Waals surface area contributed by atoms with Gasteiger partial charge in [-0.1, -0.05) is 38.3 Å². The maximum absolute atomic E-state index is 6.13. The number of aromatic nitrogens is 2. The number of halogens is 1. The number of nitrogens with zero attached hydrogens (tertiary/aromatic N) is 2. The van der Waals surface area contributed by atoms with Gasteiger partial charge in [0, 0.05) is 18.7 Å². The fourth-order valence-corrected chi connectivity index (χ4v) is 2.89. The summed E-state index contributed by atoms with van der Waals surface area (Å²) in [7, 11) is 1.70. The zero-order valence-corrected chi connectivity index (χ0v) is 12.1. The largest absolute Gasteiger partial charge is 0.373 e. The molecule has 0 spiro atoms. The van der Waals surface area contributed by atoms with Gasteiger partial charge in [0.25, 0.3) is 0 Å². The second kappa shape index (κ2) is 5.98. The van der Waals surface area contributed by atoms with Crippen molar-refractivity contribution in [2.75, 3.05) is 7.11 Å². The molecule has 0 bridgehead atoms. The highest BCUT2D eigenvalue weighted by Gasteiger charge is 2.23. The first-order valence-electron chi connectivity index (χ1n) is 6.69. The summed E-state index contributed by atoms with van der Waals surface area (Å²) in [4.78, 5) is 9.01. The van der Waals surface area contributed by atoms with Crippen LogP contribution in [0.15, 0.2) is 6.07 Å². The SMILES string of the molecule is COC(c1nc(Cl)cc(C2CCCC2)n1)C(C)C. The van der Waals surface area contributed by atoms with Crippen molar-refractivity contribution in [3.8, 4) is 0 Å². The molecule has 3 nitrogen and oxygen atoms in total. The standard InChI is InChI=1S/C14H21ClN2O/c1-9(2)13(18-3)14-16-11(8-12(15)17-14)10-6-4-5-7-10/h8-10,13H,4-7H2,1-3H3. The second-order valence-electron chi connectivity index (χ2n) is 5.36. The van der Waals surface area contributed by atoms with E-state index in [0.717, 1.165) is 11.5 Å². The lowest BCUT2D eigenvalue weighted by atomic mass is 10.0. The van der Waals surface area contributed by atoms with Crippen LogP contribution < -0.4 is 0 Å². The molecule has 1 aromatic heterocycles. The topological polar surface area (TPSA) is 35.0 Å². The molecule has 1 aromatic rings. The van der Waals surface area contributed by atoms with Crippen molar-refractivity contribution in [2.24, 2.45) is 5.92 Å². The van der Waals surface area contributed by atoms with Crippen molar-refractivity contribution in [2.45, 2.75) is 51.6 Å². The van der Waals surface area contributed by atoms with Crippen molar-refractivity contribution >= 4 is 11.6 Å². The quantitative estimate of drug-likeness (QED) is 0.770. The average molecular weight is 269 g/mol. The number of hydrogen-bond donors (Lipinski definition) is 0. The van der Waals surface area contributed by atoms with E-state index < -0.39 is 0 Å². The Hall–Kier alpha value is -0.670. The molecule has 1 atom stereocenters. The number of ether oxygens (including phenoxy) is 1. The van der Waals surface area contributed by atoms with Gasteiger partial charge >= 0.3 is 0 Å². The highest BCUT2D eigenvalue weighted by molar-refractivity contribution is 6.29. The normalized spacial score (nSPS) is 18.5. The van der Waals surface area contributed by atoms with E-state index >= 15 is 0 Å². The lowest BCUT2D eigenvalue weighted by Gasteiger charge is -2.19. The van der Waals surface area contributed by atoms with Crippen LogP contribution in [0, 0.1) is 5.92 Å². The highest BCUT2D eigenvalue weighted by Crippen LogP contribution is 2.34. The van der Waals surface area contributed by atoms with Gasteiger partial charge in [-0.25, -0.2) is 9.97 Å². The fourth-order valence-electron chi connectivity index (χ4n) is 2.69. The third-order valence-electron chi connectivity index (χ3n) is 3.62. The predicted octanol–water partition coefficient (Wildman–Crippen LogP) is 4.13. The van der Waals surface area contributed by atoms with Gasteiger partial charge in [-0.05, 0) is 24.8 Å². The molecule has 1 saturated carbocycles. The molecule has 2 rings (SSSR count). The van der Waals surface area contributed by atoms with Gasteiger partial charge in [-0.2, -0.15) is 0 Å². The van der Waals surface area contributed by atoms with Gasteiger partial charge in [-0.15, -0.1) is 0 Å². The van der Waals surface area contributed by atoms with E-state index in [1.165, 1.54) is 25.7 Å². The molecule has 100 valence electrons. The molecule has 1 heterocycles. The fraction of sp³-hybridized carbons (Fsp3) is 0.714. The monoisotopic (exact) mass is 268 g/mol. The second-order valence-corrected chi connectivity index (χ2v) is 5.74. The number of rotatable bonds is 4. The molecule has 1 aliphatic rings. The van der Waals surface area contributed by atoms with Gasteiger partial charge < -0.3 is 4.74 Å². The summed E-state index contributed by atoms with van der Waals surface area (Å²) in [6.07, 6.45) is 4.93. The Morgan fingerprint density at radius 2 is 1.94 bits per heavy atom. The Morgan fingerprint density at radius 3 is 2.50 bits per heavy atom. The van der Waals surface area contributed by atoms with Crippen LogP contribution in [-0.2, 0) is 4.74 Å². The Bertz CT molecular complexity index is 403. The van der Waals surface area contributed by atoms with Gasteiger partial charge in [-0.3, -0.25) is 0 Å². The van der Waals surface area contributed by atoms with Crippen LogP contribution in [0.25, 0.3) is 0 Å². The summed E-state index contributed by atoms with van der Waals surface area (Å²) < 4.78 is 5.49. The number of hydrogen-bond acceptors (Lipinski definition) is 3. The Balaban J connectivity index is 2.30. The van der Waals surface area contributed by atoms with Crippen molar-refractivity contribution in [1.29, 1.82) is 0 Å². The highest BCUT2D eigenvalue weighted by atomic mass is 35.5. The Kier molecular flexibility index (Phi) is 4.57. The lowest BCUT2D eigenvalue weighted by Crippen LogP contribution is -2.14. The van der Waals surface area contributed by atoms with Gasteiger partial charge in [0.2, 0.25) is 0 Å². The molecule has 0 amide bonds. The zero-order valence-electron chi connectivity index (χ0n) is 11.3. The first-order valence-corrected chi connectivity index (χ1v) is 7.06. The summed E-state index contributed by atoms with van der Waals surface area (Å²) in [5.41, 5.74) is 1.09. The van der Waals surface area contributed by atoms with Gasteiger partial charge in [0.1, 0.15) is 11.3 Å². The van der Waals surface area contributed by atoms with E-state index in [2.05, 4.69) is 23.8 Å². The van der Waals surface area contributed by atoms with E-state index in [1.807, 2.05) is 6.07 Å². The average Bonchev–Trinajstić information content (AvgIpc) is 2.82. The molecular weight excluding hydrogens is 248 g/mol. The van der Waals surface area contributed by atoms with Crippen molar-refractivity contribution in [1.82, 2.24) is 9.97 Å². The summed E-state index contributed by atoms with van der Waals surface area (Å²) in [6.45, 7) is 4.21. The van der Waals surface area contributed by atoms with Crippen LogP contribution in [0.5, 0.6) is 0 Å². The molecule has 0 saturated heterocycles. The first kappa shape index (κ1) is 13.8. The predicted molar refractivity (Wildman–Crippen MR) is 72.8 cm³/mol. The smallest absolute Gasteiger partial charge is 0.159 e. The third-order valence-corrected chi connectivity index (χ3v) is 3.81. The van der Waals surface area contributed by atoms with Crippen molar-refractivity contribution in [3.05, 3.63) is 22.7 Å². The molecule has 0 radical (unpaired) electrons. The van der Waals surface area contributed by atoms with E-state index in [1.54, 1.807) is 7.11 Å². The van der Waals surface area contributed by atoms with E-state index in [-0.39, 0.29) is 6.10 Å². The molecule has 18 heavy (non-hydrogen) atoms. The lowest BCUT2D eigenvalue weighted by molar-refractivity contribution is 0.0572. The minimum absolute atomic E-state index is 0.0798. The summed E-state index contributed by atoms with van der Waals surface area (Å²) in [6, 6.07) is 1.91. The third kappa shape index (κ3) is 3.01. The van der Waals surface area contributed by atoms with E-state index in [4.69, 9.17) is 16.3 Å². The van der Waals surface area contributed by atoms with Crippen molar-refractivity contribution in [3.63, 3.8) is 0 Å². The molecule has 1 aliphatic carbocycles. The van der Waals surface area contributed by atoms with Crippen LogP contribution in [0.2, 0.25) is 5.15 Å². The minimum Gasteiger partial charge on any atom is -0.373 e. The maximum atomic E-state index is 6.13. The van der Waals surface area contributed by atoms with E-state index in [9.17, 15) is 0 Å². The molecule has 0 N–H and O–H groups in total. The summed E-state index contributed by atoms with van der Waals surface area (Å²) >= 11 is 6.13. The molecule has 1 unspecified atom stereocenters. The van der Waals surface area contributed by atoms with Gasteiger partial charge in [0.05, 0.1) is 0 Å². The molecular formula is C14H21ClN2O. The molecule has 0 aromatic carbocycles. The Morgan fingerprint density at radius 1 is 1.28 bits per heavy atom. The van der Waals surface area contributed by atoms with Crippen LogP contribution in [0.1, 0.15) is 63.1 Å². The maximum Gasteiger partial charge on any atom is 0.159 e. The molecule has 4 heteroatoms. The Labute approximate surface area is 114 Å². The van der Waals surface area contributed by atoms with Gasteiger partial charge in [0.15, 0.2) is 5.82 Å².